The molecule has 4 heteroatoms. The Bertz CT molecular complexity index is 472. The minimum atomic E-state index is -0.138. The summed E-state index contributed by atoms with van der Waals surface area (Å²) in [4.78, 5) is 0. The summed E-state index contributed by atoms with van der Waals surface area (Å²) in [7, 11) is -0.138. The molecule has 96 valence electrons. The number of thiophene rings is 1. The van der Waals surface area contributed by atoms with Crippen LogP contribution in [0.5, 0.6) is 0 Å². The van der Waals surface area contributed by atoms with E-state index in [1.54, 1.807) is 11.3 Å². The highest BCUT2D eigenvalue weighted by Gasteiger charge is 2.72. The summed E-state index contributed by atoms with van der Waals surface area (Å²) in [6.07, 6.45) is 2.74. The molecule has 1 aromatic heterocycles. The minimum Gasteiger partial charge on any atom is -0.401 e. The summed E-state index contributed by atoms with van der Waals surface area (Å²) >= 11 is 1.71. The molecule has 0 amide bonds. The quantitative estimate of drug-likeness (QED) is 0.724. The van der Waals surface area contributed by atoms with Gasteiger partial charge in [-0.25, -0.2) is 0 Å². The van der Waals surface area contributed by atoms with Crippen LogP contribution in [0.3, 0.4) is 0 Å². The van der Waals surface area contributed by atoms with Gasteiger partial charge in [0.25, 0.3) is 0 Å². The third kappa shape index (κ3) is 1.32. The molecule has 1 aliphatic heterocycles. The van der Waals surface area contributed by atoms with E-state index in [2.05, 4.69) is 37.6 Å². The van der Waals surface area contributed by atoms with Crippen LogP contribution < -0.4 is 5.46 Å². The van der Waals surface area contributed by atoms with Crippen LogP contribution in [0.25, 0.3) is 0 Å². The van der Waals surface area contributed by atoms with Gasteiger partial charge in [0, 0.05) is 0 Å². The summed E-state index contributed by atoms with van der Waals surface area (Å²) in [5.74, 6) is 1.51. The first-order valence-electron chi connectivity index (χ1n) is 6.89. The van der Waals surface area contributed by atoms with E-state index >= 15 is 0 Å². The zero-order chi connectivity index (χ0) is 12.5. The Hall–Kier alpha value is -0.315. The molecule has 2 heterocycles. The predicted molar refractivity (Wildman–Crippen MR) is 74.1 cm³/mol. The molecular weight excluding hydrogens is 243 g/mol. The predicted octanol–water partition coefficient (Wildman–Crippen LogP) is 2.68. The second-order valence-electron chi connectivity index (χ2n) is 6.80. The maximum absolute atomic E-state index is 6.37. The maximum atomic E-state index is 6.37. The van der Waals surface area contributed by atoms with Crippen molar-refractivity contribution in [2.24, 2.45) is 17.3 Å². The van der Waals surface area contributed by atoms with E-state index in [0.717, 1.165) is 12.3 Å². The molecule has 2 nitrogen and oxygen atoms in total. The molecule has 2 saturated carbocycles. The van der Waals surface area contributed by atoms with E-state index < -0.39 is 0 Å². The SMILES string of the molecule is CC1(C)C2CCC3OB(c4ccsc4)OC3(C)C21. The van der Waals surface area contributed by atoms with Gasteiger partial charge in [-0.3, -0.25) is 0 Å². The molecule has 2 aliphatic carbocycles. The van der Waals surface area contributed by atoms with E-state index in [4.69, 9.17) is 9.31 Å². The van der Waals surface area contributed by atoms with Crippen LogP contribution >= 0.6 is 11.3 Å². The highest BCUT2D eigenvalue weighted by Crippen LogP contribution is 2.70. The lowest BCUT2D eigenvalue weighted by Crippen LogP contribution is -2.43. The zero-order valence-corrected chi connectivity index (χ0v) is 12.0. The topological polar surface area (TPSA) is 18.5 Å². The Morgan fingerprint density at radius 1 is 1.33 bits per heavy atom. The third-order valence-corrected chi connectivity index (χ3v) is 6.21. The first kappa shape index (κ1) is 11.5. The molecule has 4 unspecified atom stereocenters. The van der Waals surface area contributed by atoms with Gasteiger partial charge >= 0.3 is 7.12 Å². The third-order valence-electron chi connectivity index (χ3n) is 5.51. The van der Waals surface area contributed by atoms with Crippen LogP contribution in [0.2, 0.25) is 0 Å². The summed E-state index contributed by atoms with van der Waals surface area (Å²) in [5.41, 5.74) is 1.56. The molecule has 4 atom stereocenters. The normalized spacial score (nSPS) is 44.6. The molecule has 0 spiro atoms. The first-order valence-corrected chi connectivity index (χ1v) is 7.83. The second-order valence-corrected chi connectivity index (χ2v) is 7.58. The monoisotopic (exact) mass is 262 g/mol. The number of rotatable bonds is 1. The van der Waals surface area contributed by atoms with Crippen LogP contribution in [0, 0.1) is 17.3 Å². The number of hydrogen-bond donors (Lipinski definition) is 0. The summed E-state index contributed by atoms with van der Waals surface area (Å²) in [6.45, 7) is 7.05. The molecule has 0 bridgehead atoms. The van der Waals surface area contributed by atoms with Crippen molar-refractivity contribution < 1.29 is 9.31 Å². The average Bonchev–Trinajstić information content (AvgIpc) is 2.77. The lowest BCUT2D eigenvalue weighted by molar-refractivity contribution is 0.000212. The van der Waals surface area contributed by atoms with Crippen molar-refractivity contribution in [1.82, 2.24) is 0 Å². The summed E-state index contributed by atoms with van der Waals surface area (Å²) < 4.78 is 12.6. The average molecular weight is 262 g/mol. The van der Waals surface area contributed by atoms with Crippen LogP contribution in [-0.2, 0) is 9.31 Å². The van der Waals surface area contributed by atoms with E-state index in [1.807, 2.05) is 0 Å². The second kappa shape index (κ2) is 3.41. The highest BCUT2D eigenvalue weighted by molar-refractivity contribution is 7.09. The largest absolute Gasteiger partial charge is 0.495 e. The smallest absolute Gasteiger partial charge is 0.401 e. The fourth-order valence-electron chi connectivity index (χ4n) is 4.55. The minimum absolute atomic E-state index is 0.0704. The Morgan fingerprint density at radius 3 is 2.89 bits per heavy atom. The fourth-order valence-corrected chi connectivity index (χ4v) is 5.22. The van der Waals surface area contributed by atoms with Crippen LogP contribution in [0.1, 0.15) is 33.6 Å². The molecule has 3 fully saturated rings. The molecule has 3 aliphatic rings. The maximum Gasteiger partial charge on any atom is 0.495 e. The van der Waals surface area contributed by atoms with Gasteiger partial charge in [-0.1, -0.05) is 19.9 Å². The molecule has 18 heavy (non-hydrogen) atoms. The highest BCUT2D eigenvalue weighted by atomic mass is 32.1. The van der Waals surface area contributed by atoms with E-state index in [9.17, 15) is 0 Å². The van der Waals surface area contributed by atoms with Crippen molar-refractivity contribution in [3.63, 3.8) is 0 Å². The van der Waals surface area contributed by atoms with Gasteiger partial charge in [0.1, 0.15) is 0 Å². The lowest BCUT2D eigenvalue weighted by Gasteiger charge is -2.34. The molecule has 0 N–H and O–H groups in total. The van der Waals surface area contributed by atoms with Crippen LogP contribution in [-0.4, -0.2) is 18.8 Å². The molecule has 0 aromatic carbocycles. The number of hydrogen-bond acceptors (Lipinski definition) is 3. The van der Waals surface area contributed by atoms with Crippen LogP contribution in [0.15, 0.2) is 16.8 Å². The van der Waals surface area contributed by atoms with Crippen molar-refractivity contribution in [3.8, 4) is 0 Å². The van der Waals surface area contributed by atoms with Gasteiger partial charge in [0.05, 0.1) is 11.7 Å². The Balaban J connectivity index is 1.64. The Labute approximate surface area is 113 Å². The van der Waals surface area contributed by atoms with Crippen molar-refractivity contribution in [3.05, 3.63) is 16.8 Å². The van der Waals surface area contributed by atoms with E-state index in [0.29, 0.717) is 11.3 Å². The fraction of sp³-hybridized carbons (Fsp3) is 0.714. The summed E-state index contributed by atoms with van der Waals surface area (Å²) in [6, 6.07) is 2.12. The van der Waals surface area contributed by atoms with Gasteiger partial charge in [0.15, 0.2) is 0 Å². The van der Waals surface area contributed by atoms with Crippen molar-refractivity contribution in [2.75, 3.05) is 0 Å². The van der Waals surface area contributed by atoms with Crippen LogP contribution in [0.4, 0.5) is 0 Å². The van der Waals surface area contributed by atoms with Gasteiger partial charge in [-0.15, -0.1) is 0 Å². The lowest BCUT2D eigenvalue weighted by atomic mass is 9.81. The Kier molecular flexibility index (Phi) is 2.18. The summed E-state index contributed by atoms with van der Waals surface area (Å²) in [5, 5.41) is 4.23. The Morgan fingerprint density at radius 2 is 2.17 bits per heavy atom. The molecule has 1 saturated heterocycles. The van der Waals surface area contributed by atoms with Crippen molar-refractivity contribution >= 4 is 23.9 Å². The van der Waals surface area contributed by atoms with Gasteiger partial charge in [-0.2, -0.15) is 11.3 Å². The van der Waals surface area contributed by atoms with Crippen molar-refractivity contribution in [2.45, 2.75) is 45.3 Å². The van der Waals surface area contributed by atoms with E-state index in [-0.39, 0.29) is 18.8 Å². The molecular formula is C14H19BO2S. The van der Waals surface area contributed by atoms with Gasteiger partial charge < -0.3 is 9.31 Å². The van der Waals surface area contributed by atoms with Gasteiger partial charge in [-0.05, 0) is 53.2 Å². The molecule has 1 aromatic rings. The van der Waals surface area contributed by atoms with Gasteiger partial charge in [0.2, 0.25) is 0 Å². The number of fused-ring (bicyclic) bond motifs is 3. The standard InChI is InChI=1S/C14H19BO2S/c1-13(2)10-4-5-11-14(3,12(10)13)17-15(16-11)9-6-7-18-8-9/h6-8,10-12H,4-5H2,1-3H3. The zero-order valence-electron chi connectivity index (χ0n) is 11.2. The first-order chi connectivity index (χ1) is 8.53. The van der Waals surface area contributed by atoms with Crippen molar-refractivity contribution in [1.29, 1.82) is 0 Å². The molecule has 4 rings (SSSR count). The molecule has 0 radical (unpaired) electrons. The van der Waals surface area contributed by atoms with E-state index in [1.165, 1.54) is 11.9 Å².